The molecular weight excluding hydrogens is 376 g/mol. The Hall–Kier alpha value is -2.51. The zero-order valence-corrected chi connectivity index (χ0v) is 15.3. The zero-order valence-electron chi connectivity index (χ0n) is 13.7. The van der Waals surface area contributed by atoms with Crippen LogP contribution < -0.4 is 15.3 Å². The molecule has 0 bridgehead atoms. The lowest BCUT2D eigenvalue weighted by Gasteiger charge is -2.06. The molecular formula is C18H16ClN2O4S-. The third-order valence-electron chi connectivity index (χ3n) is 3.03. The van der Waals surface area contributed by atoms with Gasteiger partial charge in [0.1, 0.15) is 12.4 Å². The van der Waals surface area contributed by atoms with Crippen LogP contribution in [-0.2, 0) is 15.3 Å². The Morgan fingerprint density at radius 2 is 2.00 bits per heavy atom. The topological polar surface area (TPSA) is 90.8 Å². The summed E-state index contributed by atoms with van der Waals surface area (Å²) in [6.07, 6.45) is 1.49. The van der Waals surface area contributed by atoms with E-state index < -0.39 is 12.6 Å². The third-order valence-corrected chi connectivity index (χ3v) is 4.27. The molecule has 2 rings (SSSR count). The highest BCUT2D eigenvalue weighted by Gasteiger charge is 2.01. The average molecular weight is 392 g/mol. The summed E-state index contributed by atoms with van der Waals surface area (Å²) in [5, 5.41) is 14.9. The Kier molecular flexibility index (Phi) is 7.98. The monoisotopic (exact) mass is 391 g/mol. The summed E-state index contributed by atoms with van der Waals surface area (Å²) in [5.41, 5.74) is 4.24. The summed E-state index contributed by atoms with van der Waals surface area (Å²) in [7, 11) is 0. The van der Waals surface area contributed by atoms with Gasteiger partial charge in [-0.2, -0.15) is 5.10 Å². The van der Waals surface area contributed by atoms with Gasteiger partial charge >= 0.3 is 0 Å². The molecule has 0 radical (unpaired) electrons. The van der Waals surface area contributed by atoms with Crippen LogP contribution in [0.3, 0.4) is 0 Å². The van der Waals surface area contributed by atoms with Crippen LogP contribution in [0.15, 0.2) is 53.6 Å². The lowest BCUT2D eigenvalue weighted by Crippen LogP contribution is -2.28. The fourth-order valence-electron chi connectivity index (χ4n) is 1.89. The van der Waals surface area contributed by atoms with E-state index in [0.29, 0.717) is 16.5 Å². The van der Waals surface area contributed by atoms with Crippen molar-refractivity contribution in [3.05, 3.63) is 64.7 Å². The molecule has 0 fully saturated rings. The number of rotatable bonds is 9. The van der Waals surface area contributed by atoms with Gasteiger partial charge in [-0.3, -0.25) is 4.79 Å². The van der Waals surface area contributed by atoms with E-state index in [2.05, 4.69) is 10.5 Å². The Bertz CT molecular complexity index is 781. The molecule has 8 heteroatoms. The van der Waals surface area contributed by atoms with Gasteiger partial charge in [0.15, 0.2) is 0 Å². The van der Waals surface area contributed by atoms with Crippen molar-refractivity contribution in [2.45, 2.75) is 5.75 Å². The molecule has 0 aromatic heterocycles. The highest BCUT2D eigenvalue weighted by atomic mass is 35.5. The smallest absolute Gasteiger partial charge is 0.250 e. The van der Waals surface area contributed by atoms with E-state index in [9.17, 15) is 14.7 Å². The average Bonchev–Trinajstić information content (AvgIpc) is 2.61. The minimum atomic E-state index is -1.29. The van der Waals surface area contributed by atoms with Crippen molar-refractivity contribution in [2.75, 3.05) is 12.4 Å². The fourth-order valence-corrected chi connectivity index (χ4v) is 2.87. The first kappa shape index (κ1) is 19.8. The number of hydrogen-bond acceptors (Lipinski definition) is 6. The molecule has 1 amide bonds. The molecule has 6 nitrogen and oxygen atoms in total. The number of ether oxygens (including phenoxy) is 1. The van der Waals surface area contributed by atoms with Crippen molar-refractivity contribution in [2.24, 2.45) is 5.10 Å². The Balaban J connectivity index is 1.70. The zero-order chi connectivity index (χ0) is 18.8. The number of hydrogen-bond donors (Lipinski definition) is 1. The highest BCUT2D eigenvalue weighted by molar-refractivity contribution is 7.99. The van der Waals surface area contributed by atoms with Gasteiger partial charge in [0.25, 0.3) is 0 Å². The quantitative estimate of drug-likeness (QED) is 0.520. The molecule has 0 unspecified atom stereocenters. The van der Waals surface area contributed by atoms with Gasteiger partial charge in [0.05, 0.1) is 17.9 Å². The summed E-state index contributed by atoms with van der Waals surface area (Å²) in [4.78, 5) is 22.1. The van der Waals surface area contributed by atoms with Crippen LogP contribution in [0.25, 0.3) is 0 Å². The van der Waals surface area contributed by atoms with Gasteiger partial charge in [-0.25, -0.2) is 5.43 Å². The van der Waals surface area contributed by atoms with Gasteiger partial charge in [-0.05, 0) is 47.5 Å². The Labute approximate surface area is 160 Å². The van der Waals surface area contributed by atoms with Crippen molar-refractivity contribution in [3.63, 3.8) is 0 Å². The van der Waals surface area contributed by atoms with Crippen LogP contribution in [0.5, 0.6) is 5.75 Å². The second kappa shape index (κ2) is 10.5. The molecule has 0 aliphatic heterocycles. The van der Waals surface area contributed by atoms with E-state index in [1.807, 2.05) is 18.2 Å². The fraction of sp³-hybridized carbons (Fsp3) is 0.167. The number of carbonyl (C=O) groups is 2. The van der Waals surface area contributed by atoms with Gasteiger partial charge in [-0.1, -0.05) is 23.7 Å². The molecule has 0 atom stereocenters. The van der Waals surface area contributed by atoms with Gasteiger partial charge in [0, 0.05) is 10.8 Å². The van der Waals surface area contributed by atoms with Crippen LogP contribution in [0, 0.1) is 0 Å². The normalized spacial score (nSPS) is 10.7. The number of carboxylic acids is 1. The number of benzene rings is 2. The van der Waals surface area contributed by atoms with Crippen LogP contribution in [0.4, 0.5) is 0 Å². The maximum Gasteiger partial charge on any atom is 0.250 e. The first-order valence-electron chi connectivity index (χ1n) is 7.60. The van der Waals surface area contributed by atoms with E-state index >= 15 is 0 Å². The molecule has 1 N–H and O–H groups in total. The predicted molar refractivity (Wildman–Crippen MR) is 100 cm³/mol. The molecule has 0 aliphatic rings. The summed E-state index contributed by atoms with van der Waals surface area (Å²) in [5.74, 6) is -0.119. The number of halogens is 1. The van der Waals surface area contributed by atoms with E-state index in [-0.39, 0.29) is 11.7 Å². The minimum absolute atomic E-state index is 0.206. The second-order valence-electron chi connectivity index (χ2n) is 5.15. The molecule has 26 heavy (non-hydrogen) atoms. The van der Waals surface area contributed by atoms with E-state index in [0.717, 1.165) is 11.1 Å². The highest BCUT2D eigenvalue weighted by Crippen LogP contribution is 2.16. The molecule has 2 aromatic rings. The molecule has 0 heterocycles. The number of hydrazone groups is 1. The number of thioether (sulfide) groups is 1. The standard InChI is InChI=1S/C18H17ClN2O4S/c19-15-3-1-2-14(8-15)11-26-12-17(22)21-20-9-13-4-6-16(7-5-13)25-10-18(23)24/h1-9H,10-12H2,(H,21,22)(H,23,24)/p-1/b20-9-. The van der Waals surface area contributed by atoms with Crippen molar-refractivity contribution >= 4 is 41.5 Å². The number of aliphatic carboxylic acids is 1. The van der Waals surface area contributed by atoms with Crippen LogP contribution in [0.1, 0.15) is 11.1 Å². The van der Waals surface area contributed by atoms with E-state index in [1.54, 1.807) is 30.3 Å². The molecule has 136 valence electrons. The Morgan fingerprint density at radius 1 is 1.23 bits per heavy atom. The number of nitrogens with one attached hydrogen (secondary N) is 1. The molecule has 0 saturated heterocycles. The van der Waals surface area contributed by atoms with Crippen LogP contribution in [0.2, 0.25) is 5.02 Å². The number of amides is 1. The van der Waals surface area contributed by atoms with Gasteiger partial charge in [0.2, 0.25) is 5.91 Å². The minimum Gasteiger partial charge on any atom is -0.546 e. The van der Waals surface area contributed by atoms with Gasteiger partial charge in [-0.15, -0.1) is 11.8 Å². The molecule has 0 spiro atoms. The third kappa shape index (κ3) is 7.58. The van der Waals surface area contributed by atoms with Crippen LogP contribution >= 0.6 is 23.4 Å². The summed E-state index contributed by atoms with van der Waals surface area (Å²) < 4.78 is 4.97. The van der Waals surface area contributed by atoms with Crippen molar-refractivity contribution in [3.8, 4) is 5.75 Å². The van der Waals surface area contributed by atoms with E-state index in [1.165, 1.54) is 18.0 Å². The molecule has 2 aromatic carbocycles. The van der Waals surface area contributed by atoms with Gasteiger partial charge < -0.3 is 14.6 Å². The van der Waals surface area contributed by atoms with Crippen molar-refractivity contribution < 1.29 is 19.4 Å². The predicted octanol–water partition coefficient (Wildman–Crippen LogP) is 1.85. The summed E-state index contributed by atoms with van der Waals surface area (Å²) >= 11 is 7.37. The van der Waals surface area contributed by atoms with Crippen LogP contribution in [-0.4, -0.2) is 30.5 Å². The number of carboxylic acid groups (broad SMARTS) is 1. The largest absolute Gasteiger partial charge is 0.546 e. The van der Waals surface area contributed by atoms with Crippen molar-refractivity contribution in [1.29, 1.82) is 0 Å². The Morgan fingerprint density at radius 3 is 2.69 bits per heavy atom. The first-order valence-corrected chi connectivity index (χ1v) is 9.13. The number of carbonyl (C=O) groups excluding carboxylic acids is 2. The first-order chi connectivity index (χ1) is 12.5. The SMILES string of the molecule is O=C([O-])COc1ccc(/C=N\NC(=O)CSCc2cccc(Cl)c2)cc1. The second-order valence-corrected chi connectivity index (χ2v) is 6.57. The lowest BCUT2D eigenvalue weighted by atomic mass is 10.2. The summed E-state index contributed by atoms with van der Waals surface area (Å²) in [6, 6.07) is 14.1. The lowest BCUT2D eigenvalue weighted by molar-refractivity contribution is -0.307. The summed E-state index contributed by atoms with van der Waals surface area (Å²) in [6.45, 7) is -0.504. The maximum atomic E-state index is 11.7. The maximum absolute atomic E-state index is 11.7. The van der Waals surface area contributed by atoms with Crippen molar-refractivity contribution in [1.82, 2.24) is 5.43 Å². The molecule has 0 saturated carbocycles. The number of nitrogens with zero attached hydrogens (tertiary/aromatic N) is 1. The molecule has 0 aliphatic carbocycles. The van der Waals surface area contributed by atoms with E-state index in [4.69, 9.17) is 16.3 Å².